The number of hydrogen-bond acceptors (Lipinski definition) is 5. The van der Waals surface area contributed by atoms with Crippen LogP contribution < -0.4 is 11.1 Å². The van der Waals surface area contributed by atoms with Crippen molar-refractivity contribution in [2.75, 3.05) is 18.4 Å². The van der Waals surface area contributed by atoms with Gasteiger partial charge in [0.25, 0.3) is 0 Å². The number of oxazole rings is 1. The van der Waals surface area contributed by atoms with E-state index in [2.05, 4.69) is 10.3 Å². The van der Waals surface area contributed by atoms with Gasteiger partial charge in [-0.1, -0.05) is 18.2 Å². The third-order valence-corrected chi connectivity index (χ3v) is 5.60. The molecule has 0 spiro atoms. The van der Waals surface area contributed by atoms with Crippen LogP contribution in [0.5, 0.6) is 0 Å². The van der Waals surface area contributed by atoms with Crippen molar-refractivity contribution in [3.05, 3.63) is 58.7 Å². The van der Waals surface area contributed by atoms with Crippen LogP contribution in [0.3, 0.4) is 0 Å². The number of nitrogens with zero attached hydrogens (tertiary/aromatic N) is 3. The summed E-state index contributed by atoms with van der Waals surface area (Å²) in [5, 5.41) is 2.84. The lowest BCUT2D eigenvalue weighted by molar-refractivity contribution is -0.137. The van der Waals surface area contributed by atoms with Crippen LogP contribution in [0.25, 0.3) is 11.1 Å². The second kappa shape index (κ2) is 8.14. The molecule has 2 amide bonds. The first-order chi connectivity index (χ1) is 14.4. The Labute approximate surface area is 173 Å². The van der Waals surface area contributed by atoms with E-state index >= 15 is 0 Å². The van der Waals surface area contributed by atoms with Gasteiger partial charge in [-0.25, -0.2) is 9.78 Å². The van der Waals surface area contributed by atoms with Gasteiger partial charge in [-0.3, -0.25) is 14.2 Å². The maximum atomic E-state index is 13.0. The number of carbonyl (C=O) groups excluding carboxylic acids is 2. The van der Waals surface area contributed by atoms with Crippen LogP contribution in [-0.2, 0) is 9.59 Å². The van der Waals surface area contributed by atoms with E-state index in [4.69, 9.17) is 4.42 Å². The minimum Gasteiger partial charge on any atom is -0.408 e. The smallest absolute Gasteiger partial charge is 0.408 e. The third kappa shape index (κ3) is 3.85. The number of anilines is 1. The van der Waals surface area contributed by atoms with Gasteiger partial charge in [0.1, 0.15) is 11.9 Å². The fourth-order valence-corrected chi connectivity index (χ4v) is 3.86. The topological polar surface area (TPSA) is 97.4 Å². The fraction of sp³-hybridized carbons (Fsp3) is 0.364. The Balaban J connectivity index is 1.39. The first-order valence-corrected chi connectivity index (χ1v) is 10.1. The van der Waals surface area contributed by atoms with E-state index in [0.29, 0.717) is 42.8 Å². The summed E-state index contributed by atoms with van der Waals surface area (Å²) in [4.78, 5) is 43.7. The Morgan fingerprint density at radius 3 is 2.60 bits per heavy atom. The van der Waals surface area contributed by atoms with Crippen molar-refractivity contribution < 1.29 is 14.0 Å². The van der Waals surface area contributed by atoms with E-state index in [-0.39, 0.29) is 17.7 Å². The number of aromatic nitrogens is 2. The zero-order chi connectivity index (χ0) is 21.3. The second-order valence-corrected chi connectivity index (χ2v) is 7.69. The molecule has 1 atom stereocenters. The van der Waals surface area contributed by atoms with Crippen molar-refractivity contribution in [2.45, 2.75) is 32.7 Å². The molecule has 156 valence electrons. The molecule has 8 nitrogen and oxygen atoms in total. The Morgan fingerprint density at radius 1 is 1.17 bits per heavy atom. The lowest BCUT2D eigenvalue weighted by Crippen LogP contribution is -2.44. The zero-order valence-electron chi connectivity index (χ0n) is 17.0. The number of hydrogen-bond donors (Lipinski definition) is 1. The van der Waals surface area contributed by atoms with Crippen molar-refractivity contribution in [1.82, 2.24) is 14.5 Å². The molecular formula is C22H24N4O4. The molecule has 0 radical (unpaired) electrons. The highest BCUT2D eigenvalue weighted by Gasteiger charge is 2.31. The number of nitrogens with one attached hydrogen (secondary N) is 1. The summed E-state index contributed by atoms with van der Waals surface area (Å²) in [6.45, 7) is 4.57. The highest BCUT2D eigenvalue weighted by Crippen LogP contribution is 2.23. The van der Waals surface area contributed by atoms with E-state index < -0.39 is 11.8 Å². The molecule has 8 heteroatoms. The SMILES string of the molecule is Cc1ccc(NC(=O)C2CCN(C(=O)C(C)n3c(=O)oc4ccccc43)CC2)nc1. The molecule has 2 aromatic heterocycles. The van der Waals surface area contributed by atoms with Crippen LogP contribution in [0.4, 0.5) is 5.82 Å². The van der Waals surface area contributed by atoms with E-state index in [1.54, 1.807) is 48.4 Å². The van der Waals surface area contributed by atoms with Gasteiger partial charge in [0.15, 0.2) is 5.58 Å². The molecule has 1 fully saturated rings. The summed E-state index contributed by atoms with van der Waals surface area (Å²) in [6.07, 6.45) is 2.84. The molecule has 1 aromatic carbocycles. The second-order valence-electron chi connectivity index (χ2n) is 7.69. The number of fused-ring (bicyclic) bond motifs is 1. The van der Waals surface area contributed by atoms with Gasteiger partial charge in [0.2, 0.25) is 11.8 Å². The Morgan fingerprint density at radius 2 is 1.90 bits per heavy atom. The van der Waals surface area contributed by atoms with E-state index in [1.807, 2.05) is 13.0 Å². The van der Waals surface area contributed by atoms with Crippen molar-refractivity contribution in [1.29, 1.82) is 0 Å². The number of pyridine rings is 1. The summed E-state index contributed by atoms with van der Waals surface area (Å²) >= 11 is 0. The summed E-state index contributed by atoms with van der Waals surface area (Å²) in [6, 6.07) is 10.1. The van der Waals surface area contributed by atoms with Gasteiger partial charge < -0.3 is 14.6 Å². The molecule has 3 aromatic rings. The van der Waals surface area contributed by atoms with Gasteiger partial charge in [0.05, 0.1) is 5.52 Å². The summed E-state index contributed by atoms with van der Waals surface area (Å²) in [5.74, 6) is -0.419. The molecule has 3 heterocycles. The predicted octanol–water partition coefficient (Wildman–Crippen LogP) is 2.74. The van der Waals surface area contributed by atoms with Crippen LogP contribution in [0.2, 0.25) is 0 Å². The number of amides is 2. The maximum absolute atomic E-state index is 13.0. The van der Waals surface area contributed by atoms with E-state index in [1.165, 1.54) is 4.57 Å². The number of benzene rings is 1. The maximum Gasteiger partial charge on any atom is 0.420 e. The number of carbonyl (C=O) groups is 2. The predicted molar refractivity (Wildman–Crippen MR) is 112 cm³/mol. The monoisotopic (exact) mass is 408 g/mol. The first-order valence-electron chi connectivity index (χ1n) is 10.1. The molecule has 0 bridgehead atoms. The van der Waals surface area contributed by atoms with Crippen LogP contribution >= 0.6 is 0 Å². The van der Waals surface area contributed by atoms with Gasteiger partial charge in [-0.05, 0) is 50.5 Å². The molecule has 4 rings (SSSR count). The van der Waals surface area contributed by atoms with E-state index in [0.717, 1.165) is 5.56 Å². The quantitative estimate of drug-likeness (QED) is 0.716. The summed E-state index contributed by atoms with van der Waals surface area (Å²) < 4.78 is 6.64. The zero-order valence-corrected chi connectivity index (χ0v) is 17.0. The summed E-state index contributed by atoms with van der Waals surface area (Å²) in [5.41, 5.74) is 2.09. The fourth-order valence-electron chi connectivity index (χ4n) is 3.86. The number of likely N-dealkylation sites (tertiary alicyclic amines) is 1. The molecule has 1 N–H and O–H groups in total. The molecule has 1 aliphatic rings. The normalized spacial score (nSPS) is 15.9. The van der Waals surface area contributed by atoms with Crippen LogP contribution in [0.15, 0.2) is 51.8 Å². The van der Waals surface area contributed by atoms with Gasteiger partial charge in [-0.15, -0.1) is 0 Å². The van der Waals surface area contributed by atoms with Crippen molar-refractivity contribution in [2.24, 2.45) is 5.92 Å². The Bertz CT molecular complexity index is 1120. The van der Waals surface area contributed by atoms with Crippen molar-refractivity contribution >= 4 is 28.7 Å². The Kier molecular flexibility index (Phi) is 5.39. The van der Waals surface area contributed by atoms with Gasteiger partial charge in [-0.2, -0.15) is 0 Å². The molecule has 0 saturated carbocycles. The van der Waals surface area contributed by atoms with Crippen LogP contribution in [-0.4, -0.2) is 39.4 Å². The third-order valence-electron chi connectivity index (χ3n) is 5.60. The molecule has 1 unspecified atom stereocenters. The molecule has 1 saturated heterocycles. The number of rotatable bonds is 4. The van der Waals surface area contributed by atoms with Crippen molar-refractivity contribution in [3.63, 3.8) is 0 Å². The van der Waals surface area contributed by atoms with Gasteiger partial charge >= 0.3 is 5.76 Å². The Hall–Kier alpha value is -3.42. The lowest BCUT2D eigenvalue weighted by Gasteiger charge is -2.33. The average molecular weight is 408 g/mol. The lowest BCUT2D eigenvalue weighted by atomic mass is 9.95. The van der Waals surface area contributed by atoms with Crippen molar-refractivity contribution in [3.8, 4) is 0 Å². The standard InChI is InChI=1S/C22H24N4O4/c1-14-7-8-19(23-13-14)24-20(27)16-9-11-25(12-10-16)21(28)15(2)26-17-5-3-4-6-18(17)30-22(26)29/h3-8,13,15-16H,9-12H2,1-2H3,(H,23,24,27). The average Bonchev–Trinajstić information content (AvgIpc) is 3.10. The van der Waals surface area contributed by atoms with Gasteiger partial charge in [0, 0.05) is 25.2 Å². The van der Waals surface area contributed by atoms with Crippen LogP contribution in [0, 0.1) is 12.8 Å². The molecular weight excluding hydrogens is 384 g/mol. The molecule has 1 aliphatic heterocycles. The largest absolute Gasteiger partial charge is 0.420 e. The number of aryl methyl sites for hydroxylation is 1. The number of para-hydroxylation sites is 2. The minimum atomic E-state index is -0.678. The minimum absolute atomic E-state index is 0.0800. The highest BCUT2D eigenvalue weighted by molar-refractivity contribution is 5.92. The van der Waals surface area contributed by atoms with E-state index in [9.17, 15) is 14.4 Å². The first kappa shape index (κ1) is 19.9. The molecule has 0 aliphatic carbocycles. The molecule has 30 heavy (non-hydrogen) atoms. The summed E-state index contributed by atoms with van der Waals surface area (Å²) in [7, 11) is 0. The highest BCUT2D eigenvalue weighted by atomic mass is 16.4. The van der Waals surface area contributed by atoms with Crippen LogP contribution in [0.1, 0.15) is 31.4 Å². The number of piperidine rings is 1.